The molecule has 1 aliphatic heterocycles. The summed E-state index contributed by atoms with van der Waals surface area (Å²) in [4.78, 5) is 25.1. The number of hydrogen-bond donors (Lipinski definition) is 6. The Balaban J connectivity index is 1.91. The van der Waals surface area contributed by atoms with Crippen molar-refractivity contribution >= 4 is 11.9 Å². The molecule has 1 saturated heterocycles. The number of aliphatic hydroxyl groups excluding tert-OH is 5. The summed E-state index contributed by atoms with van der Waals surface area (Å²) in [7, 11) is 0. The van der Waals surface area contributed by atoms with Crippen molar-refractivity contribution in [3.63, 3.8) is 0 Å². The van der Waals surface area contributed by atoms with Gasteiger partial charge in [-0.05, 0) is 103 Å². The van der Waals surface area contributed by atoms with Gasteiger partial charge in [-0.15, -0.1) is 0 Å². The second-order valence-corrected chi connectivity index (χ2v) is 24.6. The number of ether oxygens (including phenoxy) is 3. The molecule has 0 aliphatic carbocycles. The molecule has 1 rings (SSSR count). The van der Waals surface area contributed by atoms with E-state index in [1.54, 1.807) is 6.08 Å². The van der Waals surface area contributed by atoms with Gasteiger partial charge in [-0.1, -0.05) is 274 Å². The Kier molecular flexibility index (Phi) is 58.6. The molecule has 0 bridgehead atoms. The van der Waals surface area contributed by atoms with Crippen molar-refractivity contribution in [2.24, 2.45) is 0 Å². The number of unbranched alkanes of at least 4 members (excludes halogenated alkanes) is 40. The molecule has 6 N–H and O–H groups in total. The first kappa shape index (κ1) is 79.4. The van der Waals surface area contributed by atoms with E-state index in [9.17, 15) is 35.1 Å². The molecular formula is C73H133NO10. The minimum absolute atomic E-state index is 0.000500. The lowest BCUT2D eigenvalue weighted by atomic mass is 9.99. The van der Waals surface area contributed by atoms with Gasteiger partial charge in [0.15, 0.2) is 6.29 Å². The van der Waals surface area contributed by atoms with Gasteiger partial charge in [-0.2, -0.15) is 0 Å². The van der Waals surface area contributed by atoms with E-state index in [1.165, 1.54) is 238 Å². The van der Waals surface area contributed by atoms with Crippen molar-refractivity contribution < 1.29 is 49.3 Å². The third-order valence-electron chi connectivity index (χ3n) is 16.6. The summed E-state index contributed by atoms with van der Waals surface area (Å²) >= 11 is 0. The molecule has 11 heteroatoms. The Morgan fingerprint density at radius 1 is 0.440 bits per heavy atom. The van der Waals surface area contributed by atoms with Crippen LogP contribution in [0.1, 0.15) is 328 Å². The van der Waals surface area contributed by atoms with Gasteiger partial charge in [-0.25, -0.2) is 0 Å². The second-order valence-electron chi connectivity index (χ2n) is 24.6. The Labute approximate surface area is 516 Å². The highest BCUT2D eigenvalue weighted by Crippen LogP contribution is 2.23. The van der Waals surface area contributed by atoms with Crippen LogP contribution in [0, 0.1) is 0 Å². The van der Waals surface area contributed by atoms with Crippen molar-refractivity contribution in [3.8, 4) is 0 Å². The number of nitrogens with one attached hydrogen (secondary N) is 1. The van der Waals surface area contributed by atoms with E-state index in [0.717, 1.165) is 64.2 Å². The molecule has 0 spiro atoms. The van der Waals surface area contributed by atoms with Crippen LogP contribution in [0.3, 0.4) is 0 Å². The number of hydrogen-bond acceptors (Lipinski definition) is 10. The molecule has 1 aliphatic rings. The number of aliphatic hydroxyl groups is 5. The van der Waals surface area contributed by atoms with Crippen LogP contribution in [0.5, 0.6) is 0 Å². The fourth-order valence-electron chi connectivity index (χ4n) is 10.9. The minimum Gasteiger partial charge on any atom is -0.466 e. The van der Waals surface area contributed by atoms with Gasteiger partial charge in [-0.3, -0.25) is 9.59 Å². The summed E-state index contributed by atoms with van der Waals surface area (Å²) < 4.78 is 16.7. The first-order chi connectivity index (χ1) is 41.2. The maximum atomic E-state index is 13.0. The summed E-state index contributed by atoms with van der Waals surface area (Å²) in [5, 5.41) is 54.2. The zero-order valence-electron chi connectivity index (χ0n) is 54.4. The lowest BCUT2D eigenvalue weighted by Gasteiger charge is -2.40. The molecular weight excluding hydrogens is 1050 g/mol. The third kappa shape index (κ3) is 50.4. The zero-order chi connectivity index (χ0) is 60.9. The molecule has 1 heterocycles. The van der Waals surface area contributed by atoms with Crippen LogP contribution in [0.4, 0.5) is 0 Å². The quantitative estimate of drug-likeness (QED) is 0.0195. The molecule has 11 nitrogen and oxygen atoms in total. The van der Waals surface area contributed by atoms with E-state index in [4.69, 9.17) is 14.2 Å². The lowest BCUT2D eigenvalue weighted by Crippen LogP contribution is -2.60. The smallest absolute Gasteiger partial charge is 0.305 e. The Morgan fingerprint density at radius 3 is 1.25 bits per heavy atom. The molecule has 1 fully saturated rings. The van der Waals surface area contributed by atoms with E-state index in [0.29, 0.717) is 19.4 Å². The van der Waals surface area contributed by atoms with Crippen molar-refractivity contribution in [2.45, 2.75) is 371 Å². The molecule has 0 aromatic carbocycles. The van der Waals surface area contributed by atoms with Gasteiger partial charge in [0.1, 0.15) is 24.4 Å². The number of rotatable bonds is 62. The molecule has 7 atom stereocenters. The van der Waals surface area contributed by atoms with Crippen molar-refractivity contribution in [1.29, 1.82) is 0 Å². The molecule has 0 saturated carbocycles. The van der Waals surface area contributed by atoms with Gasteiger partial charge in [0.25, 0.3) is 0 Å². The predicted molar refractivity (Wildman–Crippen MR) is 352 cm³/mol. The fourth-order valence-corrected chi connectivity index (χ4v) is 10.9. The molecule has 0 aromatic heterocycles. The van der Waals surface area contributed by atoms with Gasteiger partial charge in [0.05, 0.1) is 32.0 Å². The number of amides is 1. The normalized spacial score (nSPS) is 18.4. The number of allylic oxidation sites excluding steroid dienone is 9. The molecule has 84 heavy (non-hydrogen) atoms. The van der Waals surface area contributed by atoms with Crippen LogP contribution in [-0.4, -0.2) is 100 Å². The average Bonchev–Trinajstić information content (AvgIpc) is 3.64. The van der Waals surface area contributed by atoms with Crippen molar-refractivity contribution in [3.05, 3.63) is 60.8 Å². The highest BCUT2D eigenvalue weighted by atomic mass is 16.7. The van der Waals surface area contributed by atoms with E-state index in [1.807, 2.05) is 6.08 Å². The Morgan fingerprint density at radius 2 is 0.810 bits per heavy atom. The molecule has 1 amide bonds. The van der Waals surface area contributed by atoms with E-state index in [2.05, 4.69) is 67.8 Å². The van der Waals surface area contributed by atoms with E-state index < -0.39 is 49.5 Å². The summed E-state index contributed by atoms with van der Waals surface area (Å²) in [6.45, 7) is 4.27. The van der Waals surface area contributed by atoms with Gasteiger partial charge >= 0.3 is 5.97 Å². The number of carbonyl (C=O) groups excluding carboxylic acids is 2. The fraction of sp³-hybridized carbons (Fsp3) is 0.836. The van der Waals surface area contributed by atoms with Gasteiger partial charge in [0.2, 0.25) is 5.91 Å². The standard InChI is InChI=1S/C73H133NO10/c1-3-5-7-9-11-13-14-15-16-31-35-38-41-45-49-53-57-61-69(78)82-62-58-54-50-46-42-39-36-33-30-28-26-24-22-20-18-17-19-21-23-25-27-29-32-34-37-40-44-48-52-56-60-68(77)74-65(66(76)59-55-51-47-43-12-10-8-6-4-2)64-83-73-72(81)71(80)70(79)67(63-75)84-73/h11-13,15-16,18,20,43,55,59,65-67,70-73,75-76,79-81H,3-10,14,17,19,21-42,44-54,56-58,60-64H2,1-2H3,(H,74,77)/b13-11-,16-15-,20-18-,43-12+,59-55+. The first-order valence-corrected chi connectivity index (χ1v) is 35.6. The SMILES string of the molecule is CCCCC/C=C\C/C=C\CCCCCCCCCC(=O)OCCCCCCCCCCCCCC/C=C\CCCCCCCCCCCCCCCCC(=O)NC(COC1OC(CO)C(O)C(O)C1O)C(O)/C=C/CC/C=C/CCCCC. The first-order valence-electron chi connectivity index (χ1n) is 35.6. The summed E-state index contributed by atoms with van der Waals surface area (Å²) in [5.41, 5.74) is 0. The van der Waals surface area contributed by atoms with E-state index in [-0.39, 0.29) is 18.5 Å². The lowest BCUT2D eigenvalue weighted by molar-refractivity contribution is -0.302. The second kappa shape index (κ2) is 62.0. The van der Waals surface area contributed by atoms with Gasteiger partial charge < -0.3 is 45.1 Å². The monoisotopic (exact) mass is 1180 g/mol. The molecule has 490 valence electrons. The Hall–Kier alpha value is -2.64. The summed E-state index contributed by atoms with van der Waals surface area (Å²) in [5.74, 6) is -0.192. The molecule has 7 unspecified atom stereocenters. The molecule has 0 aromatic rings. The van der Waals surface area contributed by atoms with Gasteiger partial charge in [0, 0.05) is 12.8 Å². The highest BCUT2D eigenvalue weighted by molar-refractivity contribution is 5.76. The van der Waals surface area contributed by atoms with Crippen molar-refractivity contribution in [1.82, 2.24) is 5.32 Å². The summed E-state index contributed by atoms with van der Waals surface area (Å²) in [6.07, 6.45) is 72.4. The topological polar surface area (TPSA) is 175 Å². The van der Waals surface area contributed by atoms with Crippen LogP contribution >= 0.6 is 0 Å². The third-order valence-corrected chi connectivity index (χ3v) is 16.6. The minimum atomic E-state index is -1.58. The predicted octanol–water partition coefficient (Wildman–Crippen LogP) is 18.1. The Bertz CT molecular complexity index is 1580. The van der Waals surface area contributed by atoms with E-state index >= 15 is 0 Å². The highest BCUT2D eigenvalue weighted by Gasteiger charge is 2.44. The van der Waals surface area contributed by atoms with Crippen LogP contribution in [0.15, 0.2) is 60.8 Å². The van der Waals surface area contributed by atoms with Crippen LogP contribution in [-0.2, 0) is 23.8 Å². The average molecular weight is 1180 g/mol. The van der Waals surface area contributed by atoms with Crippen LogP contribution in [0.25, 0.3) is 0 Å². The van der Waals surface area contributed by atoms with Crippen LogP contribution < -0.4 is 5.32 Å². The number of esters is 1. The van der Waals surface area contributed by atoms with Crippen molar-refractivity contribution in [2.75, 3.05) is 19.8 Å². The largest absolute Gasteiger partial charge is 0.466 e. The number of carbonyl (C=O) groups is 2. The maximum absolute atomic E-state index is 13.0. The van der Waals surface area contributed by atoms with Crippen LogP contribution in [0.2, 0.25) is 0 Å². The maximum Gasteiger partial charge on any atom is 0.305 e. The molecule has 0 radical (unpaired) electrons. The zero-order valence-corrected chi connectivity index (χ0v) is 54.4. The summed E-state index contributed by atoms with van der Waals surface area (Å²) in [6, 6.07) is -0.826.